The maximum atomic E-state index is 12.3. The van der Waals surface area contributed by atoms with Gasteiger partial charge in [-0.25, -0.2) is 0 Å². The molecular formula is C20H23NO3. The molecule has 0 aromatic heterocycles. The van der Waals surface area contributed by atoms with E-state index >= 15 is 0 Å². The summed E-state index contributed by atoms with van der Waals surface area (Å²) >= 11 is 0. The Morgan fingerprint density at radius 2 is 1.88 bits per heavy atom. The fourth-order valence-electron chi connectivity index (χ4n) is 2.18. The smallest absolute Gasteiger partial charge is 0.250 e. The maximum Gasteiger partial charge on any atom is 0.250 e. The summed E-state index contributed by atoms with van der Waals surface area (Å²) in [5.41, 5.74) is 1.73. The number of carbonyl (C=O) groups excluding carboxylic acids is 1. The van der Waals surface area contributed by atoms with Gasteiger partial charge in [0, 0.05) is 18.8 Å². The molecular weight excluding hydrogens is 302 g/mol. The van der Waals surface area contributed by atoms with Crippen molar-refractivity contribution in [2.45, 2.75) is 13.3 Å². The van der Waals surface area contributed by atoms with E-state index in [1.54, 1.807) is 31.2 Å². The van der Waals surface area contributed by atoms with Crippen molar-refractivity contribution in [3.8, 4) is 11.5 Å². The van der Waals surface area contributed by atoms with Gasteiger partial charge < -0.3 is 14.4 Å². The zero-order valence-corrected chi connectivity index (χ0v) is 14.4. The van der Waals surface area contributed by atoms with Crippen molar-refractivity contribution in [1.29, 1.82) is 0 Å². The average molecular weight is 325 g/mol. The van der Waals surface area contributed by atoms with Crippen molar-refractivity contribution in [2.24, 2.45) is 0 Å². The highest BCUT2D eigenvalue weighted by Gasteiger charge is 2.08. The largest absolute Gasteiger partial charge is 0.493 e. The lowest BCUT2D eigenvalue weighted by Gasteiger charge is -2.15. The highest BCUT2D eigenvalue weighted by atomic mass is 16.5. The number of benzene rings is 2. The van der Waals surface area contributed by atoms with Crippen LogP contribution in [0.15, 0.2) is 54.6 Å². The molecule has 0 spiro atoms. The molecule has 0 bridgehead atoms. The Hall–Kier alpha value is -2.75. The van der Waals surface area contributed by atoms with Crippen LogP contribution in [-0.4, -0.2) is 26.7 Å². The SMILES string of the molecule is CCCOc1ccc(C=CC(=O)N(C)c2ccccc2)cc1OC. The molecule has 4 nitrogen and oxygen atoms in total. The number of methoxy groups -OCH3 is 1. The van der Waals surface area contributed by atoms with Crippen molar-refractivity contribution in [1.82, 2.24) is 0 Å². The first-order valence-electron chi connectivity index (χ1n) is 7.97. The molecule has 1 amide bonds. The second-order valence-electron chi connectivity index (χ2n) is 5.32. The molecule has 0 saturated heterocycles. The van der Waals surface area contributed by atoms with E-state index in [9.17, 15) is 4.79 Å². The molecule has 0 aliphatic carbocycles. The van der Waals surface area contributed by atoms with E-state index in [4.69, 9.17) is 9.47 Å². The Morgan fingerprint density at radius 3 is 2.54 bits per heavy atom. The first-order chi connectivity index (χ1) is 11.7. The number of hydrogen-bond acceptors (Lipinski definition) is 3. The number of nitrogens with zero attached hydrogens (tertiary/aromatic N) is 1. The number of hydrogen-bond donors (Lipinski definition) is 0. The van der Waals surface area contributed by atoms with Gasteiger partial charge in [0.05, 0.1) is 13.7 Å². The van der Waals surface area contributed by atoms with E-state index in [0.29, 0.717) is 18.1 Å². The Labute approximate surface area is 143 Å². The van der Waals surface area contributed by atoms with Gasteiger partial charge in [-0.15, -0.1) is 0 Å². The second kappa shape index (κ2) is 8.77. The van der Waals surface area contributed by atoms with E-state index in [1.165, 1.54) is 0 Å². The highest BCUT2D eigenvalue weighted by Crippen LogP contribution is 2.28. The van der Waals surface area contributed by atoms with Gasteiger partial charge in [0.25, 0.3) is 5.91 Å². The van der Waals surface area contributed by atoms with Crippen LogP contribution >= 0.6 is 0 Å². The third kappa shape index (κ3) is 4.62. The number of likely N-dealkylation sites (N-methyl/N-ethyl adjacent to an activating group) is 1. The van der Waals surface area contributed by atoms with E-state index < -0.39 is 0 Å². The number of para-hydroxylation sites is 1. The molecule has 0 aliphatic heterocycles. The lowest BCUT2D eigenvalue weighted by atomic mass is 10.2. The van der Waals surface area contributed by atoms with Crippen LogP contribution in [0.5, 0.6) is 11.5 Å². The third-order valence-corrected chi connectivity index (χ3v) is 3.54. The first kappa shape index (κ1) is 17.6. The van der Waals surface area contributed by atoms with Gasteiger partial charge in [0.15, 0.2) is 11.5 Å². The number of rotatable bonds is 7. The summed E-state index contributed by atoms with van der Waals surface area (Å²) in [5, 5.41) is 0. The summed E-state index contributed by atoms with van der Waals surface area (Å²) < 4.78 is 11.0. The summed E-state index contributed by atoms with van der Waals surface area (Å²) in [6, 6.07) is 15.2. The van der Waals surface area contributed by atoms with Crippen LogP contribution in [0.2, 0.25) is 0 Å². The van der Waals surface area contributed by atoms with E-state index in [0.717, 1.165) is 17.7 Å². The molecule has 0 radical (unpaired) electrons. The fourth-order valence-corrected chi connectivity index (χ4v) is 2.18. The maximum absolute atomic E-state index is 12.3. The Bertz CT molecular complexity index is 695. The fraction of sp³-hybridized carbons (Fsp3) is 0.250. The van der Waals surface area contributed by atoms with Crippen LogP contribution in [-0.2, 0) is 4.79 Å². The number of ether oxygens (including phenoxy) is 2. The average Bonchev–Trinajstić information content (AvgIpc) is 2.64. The van der Waals surface area contributed by atoms with E-state index in [1.807, 2.05) is 48.5 Å². The number of amides is 1. The molecule has 0 unspecified atom stereocenters. The summed E-state index contributed by atoms with van der Waals surface area (Å²) in [4.78, 5) is 13.9. The Balaban J connectivity index is 2.09. The molecule has 0 N–H and O–H groups in total. The monoisotopic (exact) mass is 325 g/mol. The second-order valence-corrected chi connectivity index (χ2v) is 5.32. The third-order valence-electron chi connectivity index (χ3n) is 3.54. The molecule has 0 atom stereocenters. The summed E-state index contributed by atoms with van der Waals surface area (Å²) in [7, 11) is 3.36. The van der Waals surface area contributed by atoms with Crippen LogP contribution < -0.4 is 14.4 Å². The minimum absolute atomic E-state index is 0.0912. The van der Waals surface area contributed by atoms with Crippen molar-refractivity contribution in [2.75, 3.05) is 25.7 Å². The van der Waals surface area contributed by atoms with Gasteiger partial charge in [0.1, 0.15) is 0 Å². The van der Waals surface area contributed by atoms with Crippen LogP contribution in [0, 0.1) is 0 Å². The topological polar surface area (TPSA) is 38.8 Å². The minimum Gasteiger partial charge on any atom is -0.493 e. The van der Waals surface area contributed by atoms with Gasteiger partial charge in [-0.05, 0) is 42.3 Å². The molecule has 24 heavy (non-hydrogen) atoms. The Kier molecular flexibility index (Phi) is 6.43. The Morgan fingerprint density at radius 1 is 1.12 bits per heavy atom. The number of carbonyl (C=O) groups is 1. The highest BCUT2D eigenvalue weighted by molar-refractivity contribution is 6.03. The molecule has 126 valence electrons. The van der Waals surface area contributed by atoms with Crippen molar-refractivity contribution >= 4 is 17.7 Å². The van der Waals surface area contributed by atoms with Crippen LogP contribution in [0.4, 0.5) is 5.69 Å². The van der Waals surface area contributed by atoms with Crippen LogP contribution in [0.3, 0.4) is 0 Å². The molecule has 0 fully saturated rings. The predicted molar refractivity (Wildman–Crippen MR) is 97.7 cm³/mol. The normalized spacial score (nSPS) is 10.6. The quantitative estimate of drug-likeness (QED) is 0.718. The minimum atomic E-state index is -0.0912. The van der Waals surface area contributed by atoms with Gasteiger partial charge >= 0.3 is 0 Å². The van der Waals surface area contributed by atoms with Gasteiger partial charge in [-0.3, -0.25) is 4.79 Å². The van der Waals surface area contributed by atoms with E-state index in [2.05, 4.69) is 6.92 Å². The summed E-state index contributed by atoms with van der Waals surface area (Å²) in [6.45, 7) is 2.70. The molecule has 0 aliphatic rings. The molecule has 4 heteroatoms. The van der Waals surface area contributed by atoms with Gasteiger partial charge in [0.2, 0.25) is 0 Å². The molecule has 2 rings (SSSR count). The zero-order chi connectivity index (χ0) is 17.4. The zero-order valence-electron chi connectivity index (χ0n) is 14.4. The van der Waals surface area contributed by atoms with Crippen LogP contribution in [0.1, 0.15) is 18.9 Å². The molecule has 0 saturated carbocycles. The summed E-state index contributed by atoms with van der Waals surface area (Å²) in [5.74, 6) is 1.28. The van der Waals surface area contributed by atoms with E-state index in [-0.39, 0.29) is 5.91 Å². The van der Waals surface area contributed by atoms with Crippen molar-refractivity contribution in [3.05, 3.63) is 60.2 Å². The number of anilines is 1. The van der Waals surface area contributed by atoms with Gasteiger partial charge in [-0.1, -0.05) is 31.2 Å². The van der Waals surface area contributed by atoms with Crippen molar-refractivity contribution in [3.63, 3.8) is 0 Å². The van der Waals surface area contributed by atoms with Gasteiger partial charge in [-0.2, -0.15) is 0 Å². The molecule has 0 heterocycles. The van der Waals surface area contributed by atoms with Crippen LogP contribution in [0.25, 0.3) is 6.08 Å². The standard InChI is InChI=1S/C20H23NO3/c1-4-14-24-18-12-10-16(15-19(18)23-3)11-13-20(22)21(2)17-8-6-5-7-9-17/h5-13,15H,4,14H2,1-3H3. The predicted octanol–water partition coefficient (Wildman–Crippen LogP) is 4.16. The molecule has 2 aromatic rings. The lowest BCUT2D eigenvalue weighted by Crippen LogP contribution is -2.23. The first-order valence-corrected chi connectivity index (χ1v) is 7.97. The lowest BCUT2D eigenvalue weighted by molar-refractivity contribution is -0.113. The van der Waals surface area contributed by atoms with Crippen molar-refractivity contribution < 1.29 is 14.3 Å². The molecule has 2 aromatic carbocycles. The summed E-state index contributed by atoms with van der Waals surface area (Å²) in [6.07, 6.45) is 4.26.